The van der Waals surface area contributed by atoms with Crippen molar-refractivity contribution in [1.29, 1.82) is 0 Å². The highest BCUT2D eigenvalue weighted by molar-refractivity contribution is 5.42. The maximum Gasteiger partial charge on any atom is 0.259 e. The Kier molecular flexibility index (Phi) is 7.05. The quantitative estimate of drug-likeness (QED) is 0.595. The number of benzene rings is 1. The average Bonchev–Trinajstić information content (AvgIpc) is 2.82. The molecular formula is C25H29FN4O3. The number of piperazine rings is 1. The summed E-state index contributed by atoms with van der Waals surface area (Å²) in [6.07, 6.45) is 1.77. The fourth-order valence-electron chi connectivity index (χ4n) is 4.47. The normalized spacial score (nSPS) is 15.5. The fraction of sp³-hybridized carbons (Fsp3) is 0.360. The Morgan fingerprint density at radius 2 is 1.91 bits per heavy atom. The first-order valence-electron chi connectivity index (χ1n) is 11.1. The number of rotatable bonds is 7. The molecule has 174 valence electrons. The molecule has 1 N–H and O–H groups in total. The summed E-state index contributed by atoms with van der Waals surface area (Å²) in [4.78, 5) is 22.3. The molecule has 1 aliphatic heterocycles. The summed E-state index contributed by atoms with van der Waals surface area (Å²) >= 11 is 0. The molecule has 1 aliphatic rings. The van der Waals surface area contributed by atoms with E-state index in [0.29, 0.717) is 50.6 Å². The van der Waals surface area contributed by atoms with Crippen molar-refractivity contribution in [2.75, 3.05) is 44.8 Å². The number of hydrogen-bond acceptors (Lipinski definition) is 6. The summed E-state index contributed by atoms with van der Waals surface area (Å²) in [5.41, 5.74) is 1.26. The topological polar surface area (TPSA) is 70.8 Å². The first kappa shape index (κ1) is 22.9. The third kappa shape index (κ3) is 4.91. The van der Waals surface area contributed by atoms with Crippen molar-refractivity contribution in [2.24, 2.45) is 0 Å². The molecule has 0 spiro atoms. The van der Waals surface area contributed by atoms with Gasteiger partial charge in [-0.1, -0.05) is 18.2 Å². The molecule has 1 saturated heterocycles. The number of aryl methyl sites for hydroxylation is 1. The van der Waals surface area contributed by atoms with Gasteiger partial charge in [0, 0.05) is 51.7 Å². The van der Waals surface area contributed by atoms with Crippen LogP contribution in [0.5, 0.6) is 5.75 Å². The van der Waals surface area contributed by atoms with E-state index in [4.69, 9.17) is 4.74 Å². The first-order chi connectivity index (χ1) is 16.0. The molecule has 1 fully saturated rings. The standard InChI is InChI=1S/C25H29FN4O3/c1-18-16-21(31)23(25(32)30(18)14-15-33-2)24(19-6-5-7-20(26)17-19)29-12-10-28(11-13-29)22-8-3-4-9-27-22/h3-9,16-17,24,31H,10-15H2,1-2H3. The van der Waals surface area contributed by atoms with Gasteiger partial charge in [0.2, 0.25) is 0 Å². The Morgan fingerprint density at radius 1 is 1.12 bits per heavy atom. The second-order valence-corrected chi connectivity index (χ2v) is 8.20. The smallest absolute Gasteiger partial charge is 0.259 e. The van der Waals surface area contributed by atoms with Gasteiger partial charge in [-0.2, -0.15) is 0 Å². The molecular weight excluding hydrogens is 423 g/mol. The molecule has 0 amide bonds. The van der Waals surface area contributed by atoms with Crippen molar-refractivity contribution in [3.8, 4) is 5.75 Å². The lowest BCUT2D eigenvalue weighted by molar-refractivity contribution is 0.183. The van der Waals surface area contributed by atoms with Crippen LogP contribution in [-0.2, 0) is 11.3 Å². The van der Waals surface area contributed by atoms with Crippen LogP contribution >= 0.6 is 0 Å². The molecule has 7 nitrogen and oxygen atoms in total. The zero-order chi connectivity index (χ0) is 23.4. The summed E-state index contributed by atoms with van der Waals surface area (Å²) in [6.45, 7) is 5.19. The van der Waals surface area contributed by atoms with Crippen LogP contribution in [0.3, 0.4) is 0 Å². The van der Waals surface area contributed by atoms with Gasteiger partial charge >= 0.3 is 0 Å². The van der Waals surface area contributed by atoms with Crippen molar-refractivity contribution in [1.82, 2.24) is 14.5 Å². The van der Waals surface area contributed by atoms with Gasteiger partial charge in [0.1, 0.15) is 17.4 Å². The number of ether oxygens (including phenoxy) is 1. The lowest BCUT2D eigenvalue weighted by Gasteiger charge is -2.40. The summed E-state index contributed by atoms with van der Waals surface area (Å²) < 4.78 is 21.0. The van der Waals surface area contributed by atoms with Crippen LogP contribution in [0.1, 0.15) is 22.9 Å². The number of aromatic nitrogens is 2. The van der Waals surface area contributed by atoms with Crippen molar-refractivity contribution in [3.05, 3.63) is 87.7 Å². The van der Waals surface area contributed by atoms with Gasteiger partial charge in [-0.05, 0) is 42.8 Å². The van der Waals surface area contributed by atoms with Crippen LogP contribution in [0.2, 0.25) is 0 Å². The second-order valence-electron chi connectivity index (χ2n) is 8.20. The Morgan fingerprint density at radius 3 is 2.58 bits per heavy atom. The van der Waals surface area contributed by atoms with E-state index in [9.17, 15) is 14.3 Å². The van der Waals surface area contributed by atoms with E-state index >= 15 is 0 Å². The summed E-state index contributed by atoms with van der Waals surface area (Å²) in [7, 11) is 1.58. The predicted octanol–water partition coefficient (Wildman–Crippen LogP) is 2.95. The molecule has 3 heterocycles. The molecule has 0 radical (unpaired) electrons. The highest BCUT2D eigenvalue weighted by atomic mass is 19.1. The molecule has 1 unspecified atom stereocenters. The Bertz CT molecular complexity index is 1140. The van der Waals surface area contributed by atoms with E-state index in [0.717, 1.165) is 5.82 Å². The Hall–Kier alpha value is -3.23. The van der Waals surface area contributed by atoms with Crippen LogP contribution < -0.4 is 10.5 Å². The first-order valence-corrected chi connectivity index (χ1v) is 11.1. The molecule has 1 aromatic carbocycles. The number of halogens is 1. The maximum absolute atomic E-state index is 14.2. The van der Waals surface area contributed by atoms with E-state index in [1.807, 2.05) is 18.2 Å². The van der Waals surface area contributed by atoms with Gasteiger partial charge < -0.3 is 19.3 Å². The van der Waals surface area contributed by atoms with Gasteiger partial charge in [-0.3, -0.25) is 9.69 Å². The zero-order valence-electron chi connectivity index (χ0n) is 18.9. The molecule has 0 saturated carbocycles. The minimum absolute atomic E-state index is 0.0763. The Balaban J connectivity index is 1.73. The molecule has 3 aromatic rings. The van der Waals surface area contributed by atoms with Crippen molar-refractivity contribution < 1.29 is 14.2 Å². The van der Waals surface area contributed by atoms with Crippen LogP contribution in [0.15, 0.2) is 59.5 Å². The van der Waals surface area contributed by atoms with Crippen molar-refractivity contribution in [2.45, 2.75) is 19.5 Å². The number of aromatic hydroxyl groups is 1. The lowest BCUT2D eigenvalue weighted by atomic mass is 9.96. The summed E-state index contributed by atoms with van der Waals surface area (Å²) in [5, 5.41) is 10.9. The summed E-state index contributed by atoms with van der Waals surface area (Å²) in [5.74, 6) is 0.447. The van der Waals surface area contributed by atoms with Gasteiger partial charge in [-0.25, -0.2) is 9.37 Å². The van der Waals surface area contributed by atoms with Gasteiger partial charge in [0.25, 0.3) is 5.56 Å². The van der Waals surface area contributed by atoms with E-state index < -0.39 is 6.04 Å². The van der Waals surface area contributed by atoms with Crippen LogP contribution in [0.4, 0.5) is 10.2 Å². The largest absolute Gasteiger partial charge is 0.507 e. The molecule has 2 aromatic heterocycles. The molecule has 0 aliphatic carbocycles. The molecule has 0 bridgehead atoms. The highest BCUT2D eigenvalue weighted by Crippen LogP contribution is 2.34. The molecule has 33 heavy (non-hydrogen) atoms. The predicted molar refractivity (Wildman–Crippen MR) is 125 cm³/mol. The third-order valence-corrected chi connectivity index (χ3v) is 6.13. The number of hydrogen-bond donors (Lipinski definition) is 1. The van der Waals surface area contributed by atoms with Crippen molar-refractivity contribution in [3.63, 3.8) is 0 Å². The van der Waals surface area contributed by atoms with Crippen LogP contribution in [-0.4, -0.2) is 59.5 Å². The molecule has 8 heteroatoms. The van der Waals surface area contributed by atoms with Gasteiger partial charge in [-0.15, -0.1) is 0 Å². The van der Waals surface area contributed by atoms with Crippen molar-refractivity contribution >= 4 is 5.82 Å². The van der Waals surface area contributed by atoms with Crippen LogP contribution in [0, 0.1) is 12.7 Å². The number of nitrogens with zero attached hydrogens (tertiary/aromatic N) is 4. The lowest BCUT2D eigenvalue weighted by Crippen LogP contribution is -2.49. The minimum atomic E-state index is -0.575. The maximum atomic E-state index is 14.2. The number of anilines is 1. The molecule has 4 rings (SSSR count). The highest BCUT2D eigenvalue weighted by Gasteiger charge is 2.32. The van der Waals surface area contributed by atoms with Crippen LogP contribution in [0.25, 0.3) is 0 Å². The van der Waals surface area contributed by atoms with E-state index in [-0.39, 0.29) is 22.7 Å². The fourth-order valence-corrected chi connectivity index (χ4v) is 4.47. The van der Waals surface area contributed by atoms with Gasteiger partial charge in [0.05, 0.1) is 18.2 Å². The monoisotopic (exact) mass is 452 g/mol. The summed E-state index contributed by atoms with van der Waals surface area (Å²) in [6, 6.07) is 13.1. The average molecular weight is 453 g/mol. The SMILES string of the molecule is COCCn1c(C)cc(O)c(C(c2cccc(F)c2)N2CCN(c3ccccn3)CC2)c1=O. The van der Waals surface area contributed by atoms with E-state index in [1.54, 1.807) is 43.0 Å². The molecule has 1 atom stereocenters. The van der Waals surface area contributed by atoms with E-state index in [1.165, 1.54) is 12.1 Å². The Labute approximate surface area is 192 Å². The minimum Gasteiger partial charge on any atom is -0.507 e. The second kappa shape index (κ2) is 10.1. The van der Waals surface area contributed by atoms with Gasteiger partial charge in [0.15, 0.2) is 0 Å². The number of pyridine rings is 2. The van der Waals surface area contributed by atoms with E-state index in [2.05, 4.69) is 14.8 Å². The number of methoxy groups -OCH3 is 1. The zero-order valence-corrected chi connectivity index (χ0v) is 18.9. The third-order valence-electron chi connectivity index (χ3n) is 6.13.